The number of carbonyl (C=O) groups is 1. The second-order valence-corrected chi connectivity index (χ2v) is 5.83. The number of nitrogens with one attached hydrogen (secondary N) is 2. The molecule has 114 valence electrons. The van der Waals surface area contributed by atoms with E-state index in [2.05, 4.69) is 29.7 Å². The SMILES string of the molecule is Cc1cccc(NC(=O)CNCCC2=CCCCC2)c1C. The fourth-order valence-corrected chi connectivity index (χ4v) is 2.66. The lowest BCUT2D eigenvalue weighted by Gasteiger charge is -2.13. The normalized spacial score (nSPS) is 14.7. The molecule has 1 aromatic rings. The lowest BCUT2D eigenvalue weighted by molar-refractivity contribution is -0.115. The first-order valence-corrected chi connectivity index (χ1v) is 7.91. The van der Waals surface area contributed by atoms with Crippen LogP contribution in [0.15, 0.2) is 29.8 Å². The number of allylic oxidation sites excluding steroid dienone is 1. The summed E-state index contributed by atoms with van der Waals surface area (Å²) in [6, 6.07) is 5.98. The van der Waals surface area contributed by atoms with Gasteiger partial charge in [0.2, 0.25) is 5.91 Å². The molecule has 3 heteroatoms. The van der Waals surface area contributed by atoms with Crippen LogP contribution in [0.3, 0.4) is 0 Å². The van der Waals surface area contributed by atoms with Crippen LogP contribution in [-0.2, 0) is 4.79 Å². The molecule has 1 aliphatic rings. The van der Waals surface area contributed by atoms with E-state index in [4.69, 9.17) is 0 Å². The van der Waals surface area contributed by atoms with Crippen molar-refractivity contribution in [3.05, 3.63) is 41.0 Å². The lowest BCUT2D eigenvalue weighted by atomic mass is 9.97. The van der Waals surface area contributed by atoms with Crippen LogP contribution in [0.1, 0.15) is 43.2 Å². The average Bonchev–Trinajstić information content (AvgIpc) is 2.49. The van der Waals surface area contributed by atoms with Crippen molar-refractivity contribution in [2.75, 3.05) is 18.4 Å². The maximum absolute atomic E-state index is 11.9. The van der Waals surface area contributed by atoms with Crippen molar-refractivity contribution >= 4 is 11.6 Å². The quantitative estimate of drug-likeness (QED) is 0.618. The van der Waals surface area contributed by atoms with E-state index in [1.807, 2.05) is 19.1 Å². The monoisotopic (exact) mass is 286 g/mol. The second-order valence-electron chi connectivity index (χ2n) is 5.83. The summed E-state index contributed by atoms with van der Waals surface area (Å²) in [5, 5.41) is 6.21. The van der Waals surface area contributed by atoms with Crippen LogP contribution >= 0.6 is 0 Å². The smallest absolute Gasteiger partial charge is 0.238 e. The van der Waals surface area contributed by atoms with Gasteiger partial charge in [0, 0.05) is 5.69 Å². The molecule has 1 amide bonds. The number of aryl methyl sites for hydroxylation is 1. The number of hydrogen-bond donors (Lipinski definition) is 2. The van der Waals surface area contributed by atoms with Gasteiger partial charge in [0.15, 0.2) is 0 Å². The molecule has 0 aliphatic heterocycles. The molecule has 0 fully saturated rings. The van der Waals surface area contributed by atoms with Crippen LogP contribution in [-0.4, -0.2) is 19.0 Å². The zero-order valence-electron chi connectivity index (χ0n) is 13.2. The van der Waals surface area contributed by atoms with Gasteiger partial charge >= 0.3 is 0 Å². The molecule has 0 radical (unpaired) electrons. The summed E-state index contributed by atoms with van der Waals surface area (Å²) >= 11 is 0. The van der Waals surface area contributed by atoms with Crippen LogP contribution in [0.4, 0.5) is 5.69 Å². The van der Waals surface area contributed by atoms with Crippen LogP contribution in [0.25, 0.3) is 0 Å². The standard InChI is InChI=1S/C18H26N2O/c1-14-7-6-10-17(15(14)2)20-18(21)13-19-12-11-16-8-4-3-5-9-16/h6-8,10,19H,3-5,9,11-13H2,1-2H3,(H,20,21). The van der Waals surface area contributed by atoms with Gasteiger partial charge in [-0.05, 0) is 69.7 Å². The van der Waals surface area contributed by atoms with E-state index in [1.54, 1.807) is 5.57 Å². The van der Waals surface area contributed by atoms with Gasteiger partial charge in [-0.2, -0.15) is 0 Å². The molecular weight excluding hydrogens is 260 g/mol. The van der Waals surface area contributed by atoms with Crippen LogP contribution in [0, 0.1) is 13.8 Å². The fourth-order valence-electron chi connectivity index (χ4n) is 2.66. The van der Waals surface area contributed by atoms with Gasteiger partial charge in [-0.1, -0.05) is 23.8 Å². The molecule has 0 saturated carbocycles. The highest BCUT2D eigenvalue weighted by atomic mass is 16.1. The Bertz CT molecular complexity index is 520. The summed E-state index contributed by atoms with van der Waals surface area (Å²) in [6.45, 7) is 5.35. The zero-order chi connectivity index (χ0) is 15.1. The largest absolute Gasteiger partial charge is 0.325 e. The summed E-state index contributed by atoms with van der Waals surface area (Å²) in [5.41, 5.74) is 4.80. The minimum Gasteiger partial charge on any atom is -0.325 e. The van der Waals surface area contributed by atoms with Gasteiger partial charge in [0.05, 0.1) is 6.54 Å². The second kappa shape index (κ2) is 7.99. The highest BCUT2D eigenvalue weighted by molar-refractivity contribution is 5.93. The van der Waals surface area contributed by atoms with E-state index < -0.39 is 0 Å². The number of anilines is 1. The molecule has 0 atom stereocenters. The van der Waals surface area contributed by atoms with Gasteiger partial charge in [-0.3, -0.25) is 4.79 Å². The molecule has 0 saturated heterocycles. The fraction of sp³-hybridized carbons (Fsp3) is 0.500. The van der Waals surface area contributed by atoms with E-state index >= 15 is 0 Å². The summed E-state index contributed by atoms with van der Waals surface area (Å²) < 4.78 is 0. The Morgan fingerprint density at radius 1 is 1.24 bits per heavy atom. The molecule has 0 bridgehead atoms. The van der Waals surface area contributed by atoms with Gasteiger partial charge in [-0.15, -0.1) is 0 Å². The van der Waals surface area contributed by atoms with Gasteiger partial charge in [0.25, 0.3) is 0 Å². The predicted octanol–water partition coefficient (Wildman–Crippen LogP) is 3.72. The van der Waals surface area contributed by atoms with Crippen LogP contribution in [0.5, 0.6) is 0 Å². The van der Waals surface area contributed by atoms with Crippen LogP contribution in [0.2, 0.25) is 0 Å². The maximum Gasteiger partial charge on any atom is 0.238 e. The highest BCUT2D eigenvalue weighted by Gasteiger charge is 2.06. The third-order valence-electron chi connectivity index (χ3n) is 4.17. The molecule has 1 aromatic carbocycles. The molecule has 0 unspecified atom stereocenters. The topological polar surface area (TPSA) is 41.1 Å². The maximum atomic E-state index is 11.9. The summed E-state index contributed by atoms with van der Waals surface area (Å²) in [6.07, 6.45) is 8.53. The minimum absolute atomic E-state index is 0.0290. The molecule has 2 N–H and O–H groups in total. The lowest BCUT2D eigenvalue weighted by Crippen LogP contribution is -2.29. The van der Waals surface area contributed by atoms with Crippen molar-refractivity contribution < 1.29 is 4.79 Å². The first-order chi connectivity index (χ1) is 10.2. The highest BCUT2D eigenvalue weighted by Crippen LogP contribution is 2.19. The first kappa shape index (κ1) is 15.8. The first-order valence-electron chi connectivity index (χ1n) is 7.91. The number of benzene rings is 1. The number of rotatable bonds is 6. The Morgan fingerprint density at radius 2 is 2.10 bits per heavy atom. The Balaban J connectivity index is 1.70. The Hall–Kier alpha value is -1.61. The third kappa shape index (κ3) is 5.01. The van der Waals surface area contributed by atoms with Crippen LogP contribution < -0.4 is 10.6 Å². The molecule has 0 aromatic heterocycles. The minimum atomic E-state index is 0.0290. The van der Waals surface area contributed by atoms with Crippen molar-refractivity contribution in [2.45, 2.75) is 46.0 Å². The van der Waals surface area contributed by atoms with Gasteiger partial charge in [0.1, 0.15) is 0 Å². The van der Waals surface area contributed by atoms with E-state index in [-0.39, 0.29) is 5.91 Å². The number of amides is 1. The zero-order valence-corrected chi connectivity index (χ0v) is 13.2. The predicted molar refractivity (Wildman–Crippen MR) is 88.6 cm³/mol. The van der Waals surface area contributed by atoms with Crippen molar-refractivity contribution in [1.82, 2.24) is 5.32 Å². The Kier molecular flexibility index (Phi) is 6.00. The molecular formula is C18H26N2O. The third-order valence-corrected chi connectivity index (χ3v) is 4.17. The average molecular weight is 286 g/mol. The van der Waals surface area contributed by atoms with Crippen molar-refractivity contribution in [1.29, 1.82) is 0 Å². The van der Waals surface area contributed by atoms with Crippen molar-refractivity contribution in [2.24, 2.45) is 0 Å². The van der Waals surface area contributed by atoms with E-state index in [9.17, 15) is 4.79 Å². The molecule has 3 nitrogen and oxygen atoms in total. The molecule has 0 heterocycles. The van der Waals surface area contributed by atoms with Gasteiger partial charge < -0.3 is 10.6 Å². The molecule has 21 heavy (non-hydrogen) atoms. The van der Waals surface area contributed by atoms with E-state index in [0.29, 0.717) is 6.54 Å². The van der Waals surface area contributed by atoms with Crippen molar-refractivity contribution in [3.8, 4) is 0 Å². The Labute approximate surface area is 127 Å². The summed E-state index contributed by atoms with van der Waals surface area (Å²) in [7, 11) is 0. The van der Waals surface area contributed by atoms with Gasteiger partial charge in [-0.25, -0.2) is 0 Å². The Morgan fingerprint density at radius 3 is 2.86 bits per heavy atom. The molecule has 2 rings (SSSR count). The molecule has 1 aliphatic carbocycles. The number of carbonyl (C=O) groups excluding carboxylic acids is 1. The summed E-state index contributed by atoms with van der Waals surface area (Å²) in [5.74, 6) is 0.0290. The summed E-state index contributed by atoms with van der Waals surface area (Å²) in [4.78, 5) is 11.9. The number of hydrogen-bond acceptors (Lipinski definition) is 2. The molecule has 0 spiro atoms. The van der Waals surface area contributed by atoms with E-state index in [1.165, 1.54) is 31.2 Å². The van der Waals surface area contributed by atoms with Crippen molar-refractivity contribution in [3.63, 3.8) is 0 Å². The van der Waals surface area contributed by atoms with E-state index in [0.717, 1.165) is 24.2 Å².